The van der Waals surface area contributed by atoms with Gasteiger partial charge >= 0.3 is 0 Å². The monoisotopic (exact) mass is 411 g/mol. The van der Waals surface area contributed by atoms with Crippen molar-refractivity contribution in [3.05, 3.63) is 67.9 Å². The van der Waals surface area contributed by atoms with Crippen molar-refractivity contribution < 1.29 is 9.72 Å². The van der Waals surface area contributed by atoms with Crippen LogP contribution in [0.2, 0.25) is 5.02 Å². The van der Waals surface area contributed by atoms with Crippen molar-refractivity contribution in [2.24, 2.45) is 5.73 Å². The molecule has 2 heterocycles. The van der Waals surface area contributed by atoms with Crippen LogP contribution in [-0.2, 0) is 4.79 Å². The average molecular weight is 412 g/mol. The third-order valence-corrected chi connectivity index (χ3v) is 5.37. The van der Waals surface area contributed by atoms with Crippen LogP contribution in [0.25, 0.3) is 0 Å². The van der Waals surface area contributed by atoms with E-state index in [1.807, 2.05) is 0 Å². The molecule has 1 unspecified atom stereocenters. The zero-order chi connectivity index (χ0) is 20.7. The summed E-state index contributed by atoms with van der Waals surface area (Å²) in [5.74, 6) is -0.704. The van der Waals surface area contributed by atoms with Gasteiger partial charge in [0.1, 0.15) is 12.1 Å². The Kier molecular flexibility index (Phi) is 4.52. The van der Waals surface area contributed by atoms with Crippen LogP contribution in [0.3, 0.4) is 0 Å². The van der Waals surface area contributed by atoms with Crippen LogP contribution in [0, 0.1) is 21.4 Å². The number of benzene rings is 1. The van der Waals surface area contributed by atoms with Crippen LogP contribution in [0.1, 0.15) is 30.7 Å². The van der Waals surface area contributed by atoms with Crippen molar-refractivity contribution in [3.63, 3.8) is 0 Å². The number of allylic oxidation sites excluding steroid dienone is 3. The predicted octanol–water partition coefficient (Wildman–Crippen LogP) is 2.67. The second-order valence-corrected chi connectivity index (χ2v) is 7.00. The quantitative estimate of drug-likeness (QED) is 0.576. The number of rotatable bonds is 3. The molecule has 0 saturated heterocycles. The fraction of sp³-hybridized carbons (Fsp3) is 0.222. The van der Waals surface area contributed by atoms with E-state index in [9.17, 15) is 20.2 Å². The van der Waals surface area contributed by atoms with Crippen molar-refractivity contribution in [1.82, 2.24) is 15.2 Å². The maximum absolute atomic E-state index is 12.9. The molecule has 2 aromatic rings. The molecule has 1 atom stereocenters. The van der Waals surface area contributed by atoms with Crippen LogP contribution < -0.4 is 10.6 Å². The Morgan fingerprint density at radius 2 is 2.21 bits per heavy atom. The number of nitrogens with two attached hydrogens (primary N) is 1. The lowest BCUT2D eigenvalue weighted by Gasteiger charge is -2.38. The highest BCUT2D eigenvalue weighted by molar-refractivity contribution is 6.31. The van der Waals surface area contributed by atoms with Crippen LogP contribution in [0.5, 0.6) is 0 Å². The zero-order valence-electron chi connectivity index (χ0n) is 14.9. The molecule has 3 N–H and O–H groups in total. The molecule has 11 heteroatoms. The van der Waals surface area contributed by atoms with Crippen LogP contribution in [-0.4, -0.2) is 25.9 Å². The predicted molar refractivity (Wildman–Crippen MR) is 102 cm³/mol. The van der Waals surface area contributed by atoms with Gasteiger partial charge in [-0.15, -0.1) is 0 Å². The fourth-order valence-electron chi connectivity index (χ4n) is 3.81. The number of nitrogens with one attached hydrogen (secondary N) is 1. The normalized spacial score (nSPS) is 19.2. The molecular formula is C18H14ClN7O3. The molecule has 1 aromatic carbocycles. The topological polar surface area (TPSA) is 155 Å². The van der Waals surface area contributed by atoms with Gasteiger partial charge in [-0.3, -0.25) is 19.8 Å². The molecule has 29 heavy (non-hydrogen) atoms. The van der Waals surface area contributed by atoms with Crippen LogP contribution in [0.15, 0.2) is 47.2 Å². The van der Waals surface area contributed by atoms with Crippen molar-refractivity contribution in [2.45, 2.75) is 25.2 Å². The maximum atomic E-state index is 12.9. The number of nitriles is 1. The molecule has 0 bridgehead atoms. The van der Waals surface area contributed by atoms with Gasteiger partial charge in [0.05, 0.1) is 22.5 Å². The number of carbonyl (C=O) groups excluding carboxylic acids is 1. The van der Waals surface area contributed by atoms with E-state index in [0.29, 0.717) is 36.1 Å². The molecule has 1 aromatic heterocycles. The van der Waals surface area contributed by atoms with Gasteiger partial charge in [-0.25, -0.2) is 5.10 Å². The number of nitro groups is 1. The Labute approximate surface area is 169 Å². The van der Waals surface area contributed by atoms with Crippen molar-refractivity contribution in [1.29, 1.82) is 5.26 Å². The highest BCUT2D eigenvalue weighted by atomic mass is 35.5. The number of aromatic amines is 1. The minimum absolute atomic E-state index is 0.0674. The van der Waals surface area contributed by atoms with Gasteiger partial charge in [-0.1, -0.05) is 11.6 Å². The highest BCUT2D eigenvalue weighted by Gasteiger charge is 2.42. The number of Topliss-reactive ketones (excluding diaryl/α,β-unsaturated/α-hetero) is 1. The molecule has 0 radical (unpaired) electrons. The summed E-state index contributed by atoms with van der Waals surface area (Å²) < 4.78 is 0. The van der Waals surface area contributed by atoms with Gasteiger partial charge in [0.15, 0.2) is 5.78 Å². The van der Waals surface area contributed by atoms with Gasteiger partial charge in [0.25, 0.3) is 5.69 Å². The first-order valence-electron chi connectivity index (χ1n) is 8.69. The summed E-state index contributed by atoms with van der Waals surface area (Å²) in [7, 11) is 0. The molecule has 0 spiro atoms. The summed E-state index contributed by atoms with van der Waals surface area (Å²) in [5, 5.41) is 27.9. The van der Waals surface area contributed by atoms with Gasteiger partial charge in [0, 0.05) is 34.8 Å². The van der Waals surface area contributed by atoms with Gasteiger partial charge < -0.3 is 5.73 Å². The number of ketones is 1. The van der Waals surface area contributed by atoms with Gasteiger partial charge in [-0.05, 0) is 24.5 Å². The molecule has 0 amide bonds. The van der Waals surface area contributed by atoms with Gasteiger partial charge in [0.2, 0.25) is 5.95 Å². The summed E-state index contributed by atoms with van der Waals surface area (Å²) in [6.45, 7) is 0. The van der Waals surface area contributed by atoms with E-state index < -0.39 is 10.8 Å². The lowest BCUT2D eigenvalue weighted by molar-refractivity contribution is -0.384. The number of hydrogen-bond donors (Lipinski definition) is 2. The third kappa shape index (κ3) is 2.92. The summed E-state index contributed by atoms with van der Waals surface area (Å²) in [5.41, 5.74) is 7.43. The van der Waals surface area contributed by atoms with Crippen molar-refractivity contribution in [3.8, 4) is 6.07 Å². The Hall–Kier alpha value is -3.71. The van der Waals surface area contributed by atoms with E-state index >= 15 is 0 Å². The van der Waals surface area contributed by atoms with E-state index in [2.05, 4.69) is 21.3 Å². The molecule has 1 aliphatic heterocycles. The largest absolute Gasteiger partial charge is 0.384 e. The molecule has 146 valence electrons. The standard InChI is InChI=1S/C18H14ClN7O3/c19-12-5-4-9(26(28)29)6-10(12)15-11(7-20)17(21)25(18-22-8-23-24-18)13-2-1-3-14(27)16(13)15/h4-6,8,15H,1-3,21H2,(H,22,23,24). The molecule has 10 nitrogen and oxygen atoms in total. The lowest BCUT2D eigenvalue weighted by Crippen LogP contribution is -2.39. The second kappa shape index (κ2) is 7.03. The summed E-state index contributed by atoms with van der Waals surface area (Å²) in [6, 6.07) is 6.00. The Bertz CT molecular complexity index is 1130. The smallest absolute Gasteiger partial charge is 0.269 e. The average Bonchev–Trinajstić information content (AvgIpc) is 3.22. The van der Waals surface area contributed by atoms with E-state index in [-0.39, 0.29) is 33.8 Å². The molecule has 2 aliphatic rings. The second-order valence-electron chi connectivity index (χ2n) is 6.59. The summed E-state index contributed by atoms with van der Waals surface area (Å²) in [4.78, 5) is 29.3. The lowest BCUT2D eigenvalue weighted by atomic mass is 9.75. The van der Waals surface area contributed by atoms with E-state index in [1.54, 1.807) is 0 Å². The SMILES string of the molecule is N#CC1=C(N)N(c2ncn[nH]2)C2=C(C(=O)CCC2)C1c1cc([N+](=O)[O-])ccc1Cl. The van der Waals surface area contributed by atoms with Crippen LogP contribution >= 0.6 is 11.6 Å². The van der Waals surface area contributed by atoms with Gasteiger partial charge in [-0.2, -0.15) is 15.3 Å². The minimum Gasteiger partial charge on any atom is -0.384 e. The maximum Gasteiger partial charge on any atom is 0.269 e. The van der Waals surface area contributed by atoms with Crippen molar-refractivity contribution >= 4 is 29.0 Å². The van der Waals surface area contributed by atoms with E-state index in [1.165, 1.54) is 29.4 Å². The van der Waals surface area contributed by atoms with Crippen molar-refractivity contribution in [2.75, 3.05) is 4.90 Å². The number of aromatic nitrogens is 3. The third-order valence-electron chi connectivity index (χ3n) is 5.03. The van der Waals surface area contributed by atoms with Crippen LogP contribution in [0.4, 0.5) is 11.6 Å². The fourth-order valence-corrected chi connectivity index (χ4v) is 4.04. The summed E-state index contributed by atoms with van der Waals surface area (Å²) >= 11 is 6.35. The number of halogens is 1. The first-order valence-corrected chi connectivity index (χ1v) is 9.07. The first kappa shape index (κ1) is 18.6. The molecular weight excluding hydrogens is 398 g/mol. The zero-order valence-corrected chi connectivity index (χ0v) is 15.7. The Morgan fingerprint density at radius 3 is 2.86 bits per heavy atom. The number of non-ortho nitro benzene ring substituents is 1. The molecule has 0 fully saturated rings. The number of hydrogen-bond acceptors (Lipinski definition) is 8. The molecule has 4 rings (SSSR count). The number of nitro benzene ring substituents is 1. The Morgan fingerprint density at radius 1 is 1.41 bits per heavy atom. The number of carbonyl (C=O) groups is 1. The van der Waals surface area contributed by atoms with E-state index in [4.69, 9.17) is 17.3 Å². The molecule has 0 saturated carbocycles. The number of anilines is 1. The van der Waals surface area contributed by atoms with E-state index in [0.717, 1.165) is 0 Å². The first-order chi connectivity index (χ1) is 13.9. The molecule has 1 aliphatic carbocycles. The Balaban J connectivity index is 2.00. The summed E-state index contributed by atoms with van der Waals surface area (Å²) in [6.07, 6.45) is 2.71. The minimum atomic E-state index is -0.894. The number of H-pyrrole nitrogens is 1. The highest BCUT2D eigenvalue weighted by Crippen LogP contribution is 2.47. The number of nitrogens with zero attached hydrogens (tertiary/aromatic N) is 5.